The molecule has 1 aromatic carbocycles. The van der Waals surface area contributed by atoms with E-state index in [2.05, 4.69) is 6.58 Å². The van der Waals surface area contributed by atoms with E-state index in [1.54, 1.807) is 23.9 Å². The van der Waals surface area contributed by atoms with Gasteiger partial charge in [-0.25, -0.2) is 0 Å². The van der Waals surface area contributed by atoms with E-state index in [1.165, 1.54) is 0 Å². The maximum absolute atomic E-state index is 11.9. The molecule has 17 heavy (non-hydrogen) atoms. The van der Waals surface area contributed by atoms with Gasteiger partial charge in [-0.3, -0.25) is 9.36 Å². The van der Waals surface area contributed by atoms with Crippen molar-refractivity contribution in [2.45, 2.75) is 12.8 Å². The van der Waals surface area contributed by atoms with Gasteiger partial charge in [0.05, 0.1) is 12.6 Å². The van der Waals surface area contributed by atoms with Crippen LogP contribution in [0.1, 0.15) is 17.6 Å². The molecule has 0 radical (unpaired) electrons. The molecule has 3 nitrogen and oxygen atoms in total. The Labute approximate surface area is 100 Å². The SMILES string of the molecule is C=CCCC(=O)n1ccc2cc(OC)ccc21. The number of hydrogen-bond donors (Lipinski definition) is 0. The molecule has 0 aliphatic carbocycles. The van der Waals surface area contributed by atoms with Gasteiger partial charge in [0.25, 0.3) is 0 Å². The third kappa shape index (κ3) is 2.23. The number of benzene rings is 1. The minimum Gasteiger partial charge on any atom is -0.497 e. The molecule has 0 aliphatic rings. The van der Waals surface area contributed by atoms with Crippen LogP contribution in [0.4, 0.5) is 0 Å². The van der Waals surface area contributed by atoms with Gasteiger partial charge in [0, 0.05) is 18.0 Å². The molecule has 0 bridgehead atoms. The molecule has 88 valence electrons. The van der Waals surface area contributed by atoms with E-state index in [-0.39, 0.29) is 5.91 Å². The highest BCUT2D eigenvalue weighted by atomic mass is 16.5. The Hall–Kier alpha value is -2.03. The fourth-order valence-electron chi connectivity index (χ4n) is 1.81. The zero-order valence-electron chi connectivity index (χ0n) is 9.85. The first-order valence-electron chi connectivity index (χ1n) is 5.55. The van der Waals surface area contributed by atoms with Crippen LogP contribution in [0.25, 0.3) is 10.9 Å². The van der Waals surface area contributed by atoms with Crippen LogP contribution in [-0.2, 0) is 0 Å². The largest absolute Gasteiger partial charge is 0.497 e. The Morgan fingerprint density at radius 2 is 2.29 bits per heavy atom. The molecule has 0 aliphatic heterocycles. The number of fused-ring (bicyclic) bond motifs is 1. The van der Waals surface area contributed by atoms with Crippen LogP contribution >= 0.6 is 0 Å². The van der Waals surface area contributed by atoms with E-state index >= 15 is 0 Å². The van der Waals surface area contributed by atoms with E-state index in [1.807, 2.05) is 24.3 Å². The number of ether oxygens (including phenoxy) is 1. The quantitative estimate of drug-likeness (QED) is 0.753. The highest BCUT2D eigenvalue weighted by Gasteiger charge is 2.08. The minimum absolute atomic E-state index is 0.0880. The molecule has 0 fully saturated rings. The molecular weight excluding hydrogens is 214 g/mol. The molecular formula is C14H15NO2. The van der Waals surface area contributed by atoms with Crippen molar-refractivity contribution < 1.29 is 9.53 Å². The summed E-state index contributed by atoms with van der Waals surface area (Å²) >= 11 is 0. The molecule has 0 unspecified atom stereocenters. The van der Waals surface area contributed by atoms with Crippen LogP contribution in [-0.4, -0.2) is 17.6 Å². The van der Waals surface area contributed by atoms with Crippen molar-refractivity contribution in [3.8, 4) is 5.75 Å². The molecule has 2 rings (SSSR count). The van der Waals surface area contributed by atoms with Gasteiger partial charge in [-0.2, -0.15) is 0 Å². The molecule has 1 heterocycles. The third-order valence-electron chi connectivity index (χ3n) is 2.73. The Morgan fingerprint density at radius 1 is 1.47 bits per heavy atom. The average Bonchev–Trinajstić information content (AvgIpc) is 2.78. The lowest BCUT2D eigenvalue weighted by Gasteiger charge is -2.04. The highest BCUT2D eigenvalue weighted by Crippen LogP contribution is 2.22. The maximum Gasteiger partial charge on any atom is 0.231 e. The molecule has 0 atom stereocenters. The second-order valence-electron chi connectivity index (χ2n) is 3.83. The van der Waals surface area contributed by atoms with Crippen LogP contribution in [0.15, 0.2) is 43.1 Å². The standard InChI is InChI=1S/C14H15NO2/c1-3-4-5-14(16)15-9-8-11-10-12(17-2)6-7-13(11)15/h3,6-10H,1,4-5H2,2H3. The van der Waals surface area contributed by atoms with Gasteiger partial charge in [-0.15, -0.1) is 6.58 Å². The average molecular weight is 229 g/mol. The fraction of sp³-hybridized carbons (Fsp3) is 0.214. The lowest BCUT2D eigenvalue weighted by atomic mass is 10.2. The number of nitrogens with zero attached hydrogens (tertiary/aromatic N) is 1. The topological polar surface area (TPSA) is 31.2 Å². The first-order valence-corrected chi connectivity index (χ1v) is 5.55. The van der Waals surface area contributed by atoms with Crippen molar-refractivity contribution in [2.24, 2.45) is 0 Å². The van der Waals surface area contributed by atoms with E-state index in [0.717, 1.165) is 16.7 Å². The monoisotopic (exact) mass is 229 g/mol. The summed E-state index contributed by atoms with van der Waals surface area (Å²) in [6.07, 6.45) is 4.75. The molecule has 0 N–H and O–H groups in total. The summed E-state index contributed by atoms with van der Waals surface area (Å²) in [7, 11) is 1.63. The molecule has 1 aromatic heterocycles. The van der Waals surface area contributed by atoms with Crippen molar-refractivity contribution in [3.05, 3.63) is 43.1 Å². The first-order chi connectivity index (χ1) is 8.26. The summed E-state index contributed by atoms with van der Waals surface area (Å²) < 4.78 is 6.83. The predicted octanol–water partition coefficient (Wildman–Crippen LogP) is 3.26. The van der Waals surface area contributed by atoms with Crippen LogP contribution in [0.2, 0.25) is 0 Å². The molecule has 0 amide bonds. The maximum atomic E-state index is 11.9. The zero-order valence-corrected chi connectivity index (χ0v) is 9.85. The summed E-state index contributed by atoms with van der Waals surface area (Å²) in [6, 6.07) is 7.61. The Morgan fingerprint density at radius 3 is 3.00 bits per heavy atom. The summed E-state index contributed by atoms with van der Waals surface area (Å²) in [5.74, 6) is 0.888. The lowest BCUT2D eigenvalue weighted by molar-refractivity contribution is 0.0909. The predicted molar refractivity (Wildman–Crippen MR) is 68.5 cm³/mol. The highest BCUT2D eigenvalue weighted by molar-refractivity contribution is 5.93. The number of hydrogen-bond acceptors (Lipinski definition) is 2. The van der Waals surface area contributed by atoms with Crippen molar-refractivity contribution in [2.75, 3.05) is 7.11 Å². The number of carbonyl (C=O) groups is 1. The third-order valence-corrected chi connectivity index (χ3v) is 2.73. The molecule has 2 aromatic rings. The van der Waals surface area contributed by atoms with Gasteiger partial charge in [-0.05, 0) is 30.7 Å². The molecule has 0 saturated carbocycles. The second kappa shape index (κ2) is 4.87. The smallest absolute Gasteiger partial charge is 0.231 e. The van der Waals surface area contributed by atoms with Crippen LogP contribution < -0.4 is 4.74 Å². The summed E-state index contributed by atoms with van der Waals surface area (Å²) in [5.41, 5.74) is 0.917. The summed E-state index contributed by atoms with van der Waals surface area (Å²) in [5, 5.41) is 1.01. The van der Waals surface area contributed by atoms with Crippen molar-refractivity contribution in [1.29, 1.82) is 0 Å². The van der Waals surface area contributed by atoms with Gasteiger partial charge < -0.3 is 4.74 Å². The van der Waals surface area contributed by atoms with Gasteiger partial charge in [0.15, 0.2) is 0 Å². The normalized spacial score (nSPS) is 10.4. The Bertz CT molecular complexity index is 554. The van der Waals surface area contributed by atoms with E-state index < -0.39 is 0 Å². The number of allylic oxidation sites excluding steroid dienone is 1. The first kappa shape index (κ1) is 11.5. The van der Waals surface area contributed by atoms with Gasteiger partial charge in [0.1, 0.15) is 5.75 Å². The summed E-state index contributed by atoms with van der Waals surface area (Å²) in [4.78, 5) is 11.9. The minimum atomic E-state index is 0.0880. The number of methoxy groups -OCH3 is 1. The lowest BCUT2D eigenvalue weighted by Crippen LogP contribution is -2.08. The summed E-state index contributed by atoms with van der Waals surface area (Å²) in [6.45, 7) is 3.62. The van der Waals surface area contributed by atoms with E-state index in [4.69, 9.17) is 4.74 Å². The molecule has 0 spiro atoms. The van der Waals surface area contributed by atoms with Crippen molar-refractivity contribution >= 4 is 16.8 Å². The Balaban J connectivity index is 2.36. The van der Waals surface area contributed by atoms with Crippen LogP contribution in [0.3, 0.4) is 0 Å². The van der Waals surface area contributed by atoms with Gasteiger partial charge in [0.2, 0.25) is 5.91 Å². The van der Waals surface area contributed by atoms with Gasteiger partial charge >= 0.3 is 0 Å². The van der Waals surface area contributed by atoms with Crippen molar-refractivity contribution in [3.63, 3.8) is 0 Å². The molecule has 0 saturated heterocycles. The number of rotatable bonds is 4. The Kier molecular flexibility index (Phi) is 3.28. The number of carbonyl (C=O) groups excluding carboxylic acids is 1. The fourth-order valence-corrected chi connectivity index (χ4v) is 1.81. The van der Waals surface area contributed by atoms with Gasteiger partial charge in [-0.1, -0.05) is 6.08 Å². The zero-order chi connectivity index (χ0) is 12.3. The second-order valence-corrected chi connectivity index (χ2v) is 3.83. The van der Waals surface area contributed by atoms with Crippen molar-refractivity contribution in [1.82, 2.24) is 4.57 Å². The van der Waals surface area contributed by atoms with Crippen LogP contribution in [0.5, 0.6) is 5.75 Å². The molecule has 3 heteroatoms. The number of aromatic nitrogens is 1. The van der Waals surface area contributed by atoms with E-state index in [9.17, 15) is 4.79 Å². The van der Waals surface area contributed by atoms with E-state index in [0.29, 0.717) is 12.8 Å². The van der Waals surface area contributed by atoms with Crippen LogP contribution in [0, 0.1) is 0 Å².